The summed E-state index contributed by atoms with van der Waals surface area (Å²) >= 11 is 1.30. The number of halogens is 3. The molecule has 3 heterocycles. The lowest BCUT2D eigenvalue weighted by atomic mass is 10.0. The van der Waals surface area contributed by atoms with Crippen LogP contribution >= 0.6 is 11.3 Å². The van der Waals surface area contributed by atoms with Crippen molar-refractivity contribution in [2.75, 3.05) is 84.9 Å². The Hall–Kier alpha value is -5.62. The maximum absolute atomic E-state index is 13.3. The molecule has 1 fully saturated rings. The van der Waals surface area contributed by atoms with Crippen molar-refractivity contribution in [3.8, 4) is 0 Å². The van der Waals surface area contributed by atoms with E-state index in [0.717, 1.165) is 94.5 Å². The van der Waals surface area contributed by atoms with Crippen LogP contribution in [0.2, 0.25) is 0 Å². The number of carbonyl (C=O) groups excluding carboxylic acids is 5. The number of morpholine rings is 1. The number of benzene rings is 3. The van der Waals surface area contributed by atoms with Crippen LogP contribution in [0.15, 0.2) is 72.8 Å². The second kappa shape index (κ2) is 24.4. The van der Waals surface area contributed by atoms with Crippen molar-refractivity contribution in [3.05, 3.63) is 117 Å². The Kier molecular flexibility index (Phi) is 19.5. The van der Waals surface area contributed by atoms with E-state index in [1.807, 2.05) is 48.5 Å². The van der Waals surface area contributed by atoms with E-state index in [9.17, 15) is 37.1 Å². The lowest BCUT2D eigenvalue weighted by Gasteiger charge is -2.32. The highest BCUT2D eigenvalue weighted by Gasteiger charge is 2.51. The minimum absolute atomic E-state index is 0.0537. The third kappa shape index (κ3) is 14.7. The third-order valence-corrected chi connectivity index (χ3v) is 11.8. The first-order chi connectivity index (χ1) is 30.5. The fourth-order valence-electron chi connectivity index (χ4n) is 6.71. The molecule has 1 saturated heterocycles. The van der Waals surface area contributed by atoms with Gasteiger partial charge in [-0.25, -0.2) is 4.79 Å². The van der Waals surface area contributed by atoms with Crippen molar-refractivity contribution in [1.82, 2.24) is 14.7 Å². The molecule has 2 N–H and O–H groups in total. The van der Waals surface area contributed by atoms with E-state index >= 15 is 0 Å². The van der Waals surface area contributed by atoms with Gasteiger partial charge in [0.25, 0.3) is 11.8 Å². The van der Waals surface area contributed by atoms with Gasteiger partial charge in [-0.05, 0) is 80.5 Å². The number of aldehydes is 2. The van der Waals surface area contributed by atoms with E-state index < -0.39 is 17.9 Å². The summed E-state index contributed by atoms with van der Waals surface area (Å²) in [4.78, 5) is 65.5. The van der Waals surface area contributed by atoms with Gasteiger partial charge in [-0.2, -0.15) is 13.2 Å². The largest absolute Gasteiger partial charge is 0.434 e. The van der Waals surface area contributed by atoms with E-state index in [1.165, 1.54) is 21.8 Å². The van der Waals surface area contributed by atoms with Gasteiger partial charge in [-0.1, -0.05) is 48.5 Å². The van der Waals surface area contributed by atoms with Crippen molar-refractivity contribution >= 4 is 52.5 Å². The van der Waals surface area contributed by atoms with Crippen LogP contribution in [0.3, 0.4) is 0 Å². The number of rotatable bonds is 14. The van der Waals surface area contributed by atoms with Gasteiger partial charge < -0.3 is 34.6 Å². The van der Waals surface area contributed by atoms with Gasteiger partial charge in [0.2, 0.25) is 5.60 Å². The number of alkyl halides is 3. The Morgan fingerprint density at radius 2 is 1.50 bits per heavy atom. The molecule has 17 heteroatoms. The minimum atomic E-state index is -4.69. The van der Waals surface area contributed by atoms with Gasteiger partial charge in [0.1, 0.15) is 17.6 Å². The molecular formula is C47H58F3N5O8S. The molecule has 3 amide bonds. The summed E-state index contributed by atoms with van der Waals surface area (Å²) in [7, 11) is 6.73. The first-order valence-corrected chi connectivity index (χ1v) is 21.7. The molecule has 64 heavy (non-hydrogen) atoms. The third-order valence-electron chi connectivity index (χ3n) is 10.5. The predicted molar refractivity (Wildman–Crippen MR) is 242 cm³/mol. The van der Waals surface area contributed by atoms with Gasteiger partial charge >= 0.3 is 12.3 Å². The molecule has 3 aromatic carbocycles. The summed E-state index contributed by atoms with van der Waals surface area (Å²) in [5, 5.41) is 6.59. The minimum Gasteiger partial charge on any atom is -0.434 e. The van der Waals surface area contributed by atoms with Crippen molar-refractivity contribution in [2.45, 2.75) is 57.9 Å². The number of methoxy groups -OCH3 is 1. The number of anilines is 2. The van der Waals surface area contributed by atoms with Crippen LogP contribution in [-0.4, -0.2) is 131 Å². The second-order valence-corrected chi connectivity index (χ2v) is 16.8. The number of aryl methyl sites for hydroxylation is 2. The Morgan fingerprint density at radius 1 is 0.891 bits per heavy atom. The summed E-state index contributed by atoms with van der Waals surface area (Å²) in [5.41, 5.74) is 3.32. The number of hydrogen-bond acceptors (Lipinski definition) is 11. The number of nitrogens with one attached hydrogen (secondary N) is 2. The number of hydrogen-bond donors (Lipinski definition) is 2. The highest BCUT2D eigenvalue weighted by Crippen LogP contribution is 2.39. The summed E-state index contributed by atoms with van der Waals surface area (Å²) in [5.74, 6) is -0.352. The lowest BCUT2D eigenvalue weighted by molar-refractivity contribution is -0.246. The standard InChI is InChI=1S/C30H32F3N3O4S.C15H20N2O3.C2H6O/c1-29(2,30(31,32)33)40-28(39)36-16-15-23-24(17-36)41-27(34-3)25(23)26(38)35-22-13-11-20(12-14-22)6-4-5-19-7-9-21(18-37)10-8-19;1-16(5-6-17-7-9-20-10-8-17)15(19)14-4-2-3-13(11-14)12-18;1-3-2/h7-14,18,34H,4-6,15-17H2,1-3H3,(H,35,38);2-4,11-12H,5-10H2,1H3;1-2H3. The lowest BCUT2D eigenvalue weighted by Crippen LogP contribution is -2.47. The van der Waals surface area contributed by atoms with E-state index in [-0.39, 0.29) is 24.9 Å². The van der Waals surface area contributed by atoms with Crippen molar-refractivity contribution in [1.29, 1.82) is 0 Å². The van der Waals surface area contributed by atoms with Crippen molar-refractivity contribution in [3.63, 3.8) is 0 Å². The maximum atomic E-state index is 13.3. The van der Waals surface area contributed by atoms with Crippen LogP contribution in [0, 0.1) is 0 Å². The van der Waals surface area contributed by atoms with Crippen LogP contribution in [0.25, 0.3) is 0 Å². The van der Waals surface area contributed by atoms with E-state index in [4.69, 9.17) is 9.47 Å². The van der Waals surface area contributed by atoms with E-state index in [2.05, 4.69) is 20.3 Å². The fraction of sp³-hybridized carbons (Fsp3) is 0.426. The molecule has 2 aliphatic rings. The second-order valence-electron chi connectivity index (χ2n) is 15.7. The van der Waals surface area contributed by atoms with Gasteiger partial charge in [-0.15, -0.1) is 11.3 Å². The smallest absolute Gasteiger partial charge is 0.427 e. The number of likely N-dealkylation sites (N-methyl/N-ethyl adjacent to an activating group) is 1. The molecule has 13 nitrogen and oxygen atoms in total. The molecule has 346 valence electrons. The molecule has 0 aliphatic carbocycles. The zero-order valence-electron chi connectivity index (χ0n) is 37.2. The molecule has 0 atom stereocenters. The Bertz CT molecular complexity index is 2160. The highest BCUT2D eigenvalue weighted by atomic mass is 32.1. The van der Waals surface area contributed by atoms with E-state index in [1.54, 1.807) is 57.5 Å². The molecule has 0 radical (unpaired) electrons. The summed E-state index contributed by atoms with van der Waals surface area (Å²) in [6.07, 6.45) is -1.14. The Labute approximate surface area is 376 Å². The molecule has 2 aliphatic heterocycles. The van der Waals surface area contributed by atoms with Gasteiger partial charge in [-0.3, -0.25) is 24.1 Å². The molecule has 0 unspecified atom stereocenters. The molecule has 0 saturated carbocycles. The molecular weight excluding hydrogens is 852 g/mol. The van der Waals surface area contributed by atoms with Crippen LogP contribution in [0.1, 0.15) is 83.3 Å². The number of thiophene rings is 1. The van der Waals surface area contributed by atoms with Crippen LogP contribution in [0.4, 0.5) is 28.7 Å². The summed E-state index contributed by atoms with van der Waals surface area (Å²) in [6, 6.07) is 22.0. The summed E-state index contributed by atoms with van der Waals surface area (Å²) in [6.45, 7) is 6.71. The predicted octanol–water partition coefficient (Wildman–Crippen LogP) is 8.03. The number of amides is 3. The van der Waals surface area contributed by atoms with Crippen LogP contribution < -0.4 is 10.6 Å². The average molecular weight is 910 g/mol. The average Bonchev–Trinajstić information content (AvgIpc) is 3.67. The fourth-order valence-corrected chi connectivity index (χ4v) is 7.92. The number of ether oxygens (including phenoxy) is 3. The molecule has 0 bridgehead atoms. The first-order valence-electron chi connectivity index (χ1n) is 20.9. The van der Waals surface area contributed by atoms with Gasteiger partial charge in [0, 0.05) is 88.3 Å². The number of carbonyl (C=O) groups is 5. The highest BCUT2D eigenvalue weighted by molar-refractivity contribution is 7.16. The van der Waals surface area contributed by atoms with E-state index in [0.29, 0.717) is 45.9 Å². The maximum Gasteiger partial charge on any atom is 0.427 e. The van der Waals surface area contributed by atoms with Gasteiger partial charge in [0.05, 0.1) is 25.3 Å². The zero-order chi connectivity index (χ0) is 46.9. The number of nitrogens with zero attached hydrogens (tertiary/aromatic N) is 3. The molecule has 4 aromatic rings. The first kappa shape index (κ1) is 51.0. The Morgan fingerprint density at radius 3 is 2.08 bits per heavy atom. The quantitative estimate of drug-likeness (QED) is 0.119. The van der Waals surface area contributed by atoms with Gasteiger partial charge in [0.15, 0.2) is 0 Å². The summed E-state index contributed by atoms with van der Waals surface area (Å²) < 4.78 is 53.8. The van der Waals surface area contributed by atoms with Crippen molar-refractivity contribution in [2.24, 2.45) is 0 Å². The SMILES string of the molecule is CN(CCN1CCOCC1)C(=O)c1cccc(C=O)c1.CNc1sc2c(c1C(=O)Nc1ccc(CCCc3ccc(C=O)cc3)cc1)CCN(C(=O)OC(C)(C)C(F)(F)F)C2.COC. The molecule has 1 aromatic heterocycles. The zero-order valence-corrected chi connectivity index (χ0v) is 38.0. The molecule has 0 spiro atoms. The Balaban J connectivity index is 0.000000325. The van der Waals surface area contributed by atoms with Crippen molar-refractivity contribution < 1.29 is 51.4 Å². The monoisotopic (exact) mass is 909 g/mol. The number of fused-ring (bicyclic) bond motifs is 1. The van der Waals surface area contributed by atoms with Crippen LogP contribution in [0.5, 0.6) is 0 Å². The molecule has 6 rings (SSSR count). The van der Waals surface area contributed by atoms with Crippen LogP contribution in [-0.2, 0) is 40.0 Å². The topological polar surface area (TPSA) is 147 Å². The normalized spacial score (nSPS) is 13.8.